The van der Waals surface area contributed by atoms with Gasteiger partial charge in [0.2, 0.25) is 5.85 Å². The summed E-state index contributed by atoms with van der Waals surface area (Å²) in [5, 5.41) is 5.69. The monoisotopic (exact) mass is 480 g/mol. The normalized spacial score (nSPS) is 22.5. The summed E-state index contributed by atoms with van der Waals surface area (Å²) in [5.74, 6) is -6.35. The Morgan fingerprint density at radius 2 is 1.29 bits per heavy atom. The Morgan fingerprint density at radius 1 is 0.794 bits per heavy atom. The van der Waals surface area contributed by atoms with Crippen LogP contribution in [0.2, 0.25) is 0 Å². The van der Waals surface area contributed by atoms with Crippen molar-refractivity contribution in [2.75, 3.05) is 0 Å². The van der Waals surface area contributed by atoms with Crippen LogP contribution in [-0.2, 0) is 16.0 Å². The predicted molar refractivity (Wildman–Crippen MR) is 110 cm³/mol. The predicted octanol–water partition coefficient (Wildman–Crippen LogP) is 5.08. The van der Waals surface area contributed by atoms with Crippen molar-refractivity contribution >= 4 is 5.97 Å². The highest BCUT2D eigenvalue weighted by Gasteiger charge is 2.52. The quantitative estimate of drug-likeness (QED) is 0.395. The van der Waals surface area contributed by atoms with Crippen molar-refractivity contribution in [1.29, 1.82) is 0 Å². The third-order valence-electron chi connectivity index (χ3n) is 5.39. The summed E-state index contributed by atoms with van der Waals surface area (Å²) in [6.45, 7) is 0. The first kappa shape index (κ1) is 23.8. The summed E-state index contributed by atoms with van der Waals surface area (Å²) in [7, 11) is 0. The smallest absolute Gasteiger partial charge is 0.423 e. The van der Waals surface area contributed by atoms with Crippen molar-refractivity contribution in [2.45, 2.75) is 30.5 Å². The van der Waals surface area contributed by atoms with E-state index in [0.29, 0.717) is 16.7 Å². The van der Waals surface area contributed by atoms with Gasteiger partial charge in [-0.25, -0.2) is 18.0 Å². The molecule has 1 aliphatic heterocycles. The summed E-state index contributed by atoms with van der Waals surface area (Å²) in [6, 6.07) is 13.7. The molecule has 3 aromatic rings. The van der Waals surface area contributed by atoms with E-state index in [1.807, 2.05) is 0 Å². The maximum Gasteiger partial charge on any atom is 0.491 e. The number of hydrogen-bond acceptors (Lipinski definition) is 4. The van der Waals surface area contributed by atoms with Crippen LogP contribution in [0.3, 0.4) is 0 Å². The number of benzene rings is 3. The van der Waals surface area contributed by atoms with Crippen LogP contribution in [-0.4, -0.2) is 18.0 Å². The lowest BCUT2D eigenvalue weighted by Crippen LogP contribution is -2.56. The number of carbonyl (C=O) groups is 1. The highest BCUT2D eigenvalue weighted by Crippen LogP contribution is 2.40. The van der Waals surface area contributed by atoms with Gasteiger partial charge in [0.25, 0.3) is 0 Å². The zero-order valence-corrected chi connectivity index (χ0v) is 17.4. The van der Waals surface area contributed by atoms with Crippen LogP contribution in [0, 0.1) is 17.5 Å². The summed E-state index contributed by atoms with van der Waals surface area (Å²) in [6.07, 6.45) is -5.64. The van der Waals surface area contributed by atoms with E-state index in [9.17, 15) is 31.1 Å². The molecule has 0 amide bonds. The number of ether oxygens (including phenoxy) is 1. The van der Waals surface area contributed by atoms with Gasteiger partial charge in [0.15, 0.2) is 0 Å². The lowest BCUT2D eigenvalue weighted by atomic mass is 9.95. The zero-order valence-electron chi connectivity index (χ0n) is 17.4. The molecule has 4 rings (SSSR count). The lowest BCUT2D eigenvalue weighted by Gasteiger charge is -2.31. The first-order valence-electron chi connectivity index (χ1n) is 10.2. The second-order valence-electron chi connectivity index (χ2n) is 7.87. The molecule has 1 fully saturated rings. The van der Waals surface area contributed by atoms with E-state index in [1.165, 1.54) is 60.7 Å². The van der Waals surface area contributed by atoms with Crippen molar-refractivity contribution in [1.82, 2.24) is 10.6 Å². The average molecular weight is 480 g/mol. The van der Waals surface area contributed by atoms with E-state index >= 15 is 0 Å². The van der Waals surface area contributed by atoms with Crippen LogP contribution >= 0.6 is 0 Å². The van der Waals surface area contributed by atoms with E-state index in [2.05, 4.69) is 10.6 Å². The molecule has 2 unspecified atom stereocenters. The largest absolute Gasteiger partial charge is 0.491 e. The van der Waals surface area contributed by atoms with Crippen molar-refractivity contribution in [3.8, 4) is 0 Å². The molecule has 2 N–H and O–H groups in total. The Hall–Kier alpha value is -3.37. The molecule has 0 aromatic heterocycles. The molecule has 0 bridgehead atoms. The van der Waals surface area contributed by atoms with Crippen molar-refractivity contribution in [3.05, 3.63) is 107 Å². The molecular weight excluding hydrogens is 462 g/mol. The van der Waals surface area contributed by atoms with Crippen LogP contribution in [0.5, 0.6) is 0 Å². The fourth-order valence-electron chi connectivity index (χ4n) is 3.97. The first-order chi connectivity index (χ1) is 16.0. The molecule has 0 saturated carbocycles. The summed E-state index contributed by atoms with van der Waals surface area (Å²) < 4.78 is 85.6. The van der Waals surface area contributed by atoms with Crippen LogP contribution < -0.4 is 10.6 Å². The molecule has 0 aliphatic carbocycles. The molecule has 0 radical (unpaired) electrons. The van der Waals surface area contributed by atoms with E-state index < -0.39 is 47.5 Å². The molecule has 0 spiro atoms. The minimum absolute atomic E-state index is 0.325. The number of halogens is 6. The summed E-state index contributed by atoms with van der Waals surface area (Å²) in [4.78, 5) is 11.9. The van der Waals surface area contributed by atoms with Gasteiger partial charge in [-0.1, -0.05) is 36.4 Å². The Kier molecular flexibility index (Phi) is 6.37. The highest BCUT2D eigenvalue weighted by molar-refractivity contribution is 5.76. The van der Waals surface area contributed by atoms with Gasteiger partial charge in [-0.3, -0.25) is 10.6 Å². The molecule has 10 heteroatoms. The van der Waals surface area contributed by atoms with Crippen LogP contribution in [0.15, 0.2) is 72.8 Å². The number of carbonyl (C=O) groups excluding carboxylic acids is 1. The third-order valence-corrected chi connectivity index (χ3v) is 5.39. The lowest BCUT2D eigenvalue weighted by molar-refractivity contribution is -0.218. The second kappa shape index (κ2) is 9.11. The van der Waals surface area contributed by atoms with E-state index in [4.69, 9.17) is 4.74 Å². The van der Waals surface area contributed by atoms with Crippen LogP contribution in [0.25, 0.3) is 0 Å². The van der Waals surface area contributed by atoms with Gasteiger partial charge < -0.3 is 4.74 Å². The van der Waals surface area contributed by atoms with Crippen molar-refractivity contribution in [3.63, 3.8) is 0 Å². The molecular formula is C24H18F6N2O2. The summed E-state index contributed by atoms with van der Waals surface area (Å²) >= 11 is 0. The standard InChI is InChI=1S/C24H18F6N2O2/c25-17-9-7-14(8-10-17)13-23(34-22(33)24(28,29)30)31-20(15-3-1-5-18(26)11-15)21(32-23)16-4-2-6-19(27)12-16/h1-12,20-21,31-32H,13H2. The van der Waals surface area contributed by atoms with E-state index in [1.54, 1.807) is 0 Å². The number of hydrogen-bond donors (Lipinski definition) is 2. The molecule has 1 aliphatic rings. The van der Waals surface area contributed by atoms with Gasteiger partial charge in [0, 0.05) is 6.42 Å². The minimum atomic E-state index is -5.30. The molecule has 178 valence electrons. The van der Waals surface area contributed by atoms with Crippen molar-refractivity contribution in [2.24, 2.45) is 0 Å². The Balaban J connectivity index is 1.79. The summed E-state index contributed by atoms with van der Waals surface area (Å²) in [5.41, 5.74) is 0.992. The van der Waals surface area contributed by atoms with Gasteiger partial charge in [-0.05, 0) is 53.1 Å². The van der Waals surface area contributed by atoms with Gasteiger partial charge in [0.1, 0.15) is 17.5 Å². The minimum Gasteiger partial charge on any atom is -0.423 e. The Bertz CT molecular complexity index is 1130. The van der Waals surface area contributed by atoms with E-state index in [-0.39, 0.29) is 6.42 Å². The number of nitrogens with one attached hydrogen (secondary N) is 2. The van der Waals surface area contributed by atoms with Gasteiger partial charge in [0.05, 0.1) is 12.1 Å². The molecule has 4 nitrogen and oxygen atoms in total. The number of alkyl halides is 3. The van der Waals surface area contributed by atoms with E-state index in [0.717, 1.165) is 12.1 Å². The van der Waals surface area contributed by atoms with Crippen LogP contribution in [0.1, 0.15) is 28.8 Å². The molecule has 34 heavy (non-hydrogen) atoms. The molecule has 2 atom stereocenters. The van der Waals surface area contributed by atoms with Crippen LogP contribution in [0.4, 0.5) is 26.3 Å². The fourth-order valence-corrected chi connectivity index (χ4v) is 3.97. The highest BCUT2D eigenvalue weighted by atomic mass is 19.4. The average Bonchev–Trinajstić information content (AvgIpc) is 3.14. The maximum atomic E-state index is 14.0. The fraction of sp³-hybridized carbons (Fsp3) is 0.208. The number of esters is 1. The Labute approximate surface area is 190 Å². The van der Waals surface area contributed by atoms with Gasteiger partial charge in [-0.2, -0.15) is 13.2 Å². The Morgan fingerprint density at radius 3 is 1.74 bits per heavy atom. The topological polar surface area (TPSA) is 50.4 Å². The second-order valence-corrected chi connectivity index (χ2v) is 7.87. The zero-order chi connectivity index (χ0) is 24.5. The molecule has 1 saturated heterocycles. The number of rotatable bonds is 5. The SMILES string of the molecule is O=C(OC1(Cc2ccc(F)cc2)NC(c2cccc(F)c2)C(c2cccc(F)c2)N1)C(F)(F)F. The molecule has 3 aromatic carbocycles. The molecule has 1 heterocycles. The van der Waals surface area contributed by atoms with Crippen molar-refractivity contribution < 1.29 is 35.9 Å². The first-order valence-corrected chi connectivity index (χ1v) is 10.2. The third kappa shape index (κ3) is 5.23. The van der Waals surface area contributed by atoms with Gasteiger partial charge >= 0.3 is 12.1 Å². The van der Waals surface area contributed by atoms with Gasteiger partial charge in [-0.15, -0.1) is 0 Å². The maximum absolute atomic E-state index is 14.0.